The maximum absolute atomic E-state index is 14.6. The van der Waals surface area contributed by atoms with E-state index in [0.717, 1.165) is 83.4 Å². The third-order valence-electron chi connectivity index (χ3n) is 18.6. The number of carboxylic acids is 1. The summed E-state index contributed by atoms with van der Waals surface area (Å²) in [5.74, 6) is 4.12. The second kappa shape index (κ2) is 15.7. The lowest BCUT2D eigenvalue weighted by Gasteiger charge is -2.72. The Morgan fingerprint density at radius 3 is 2.17 bits per heavy atom. The third kappa shape index (κ3) is 7.09. The van der Waals surface area contributed by atoms with Crippen LogP contribution in [0.5, 0.6) is 0 Å². The third-order valence-corrected chi connectivity index (χ3v) is 21.1. The molecule has 0 aromatic rings. The summed E-state index contributed by atoms with van der Waals surface area (Å²) in [4.78, 5) is 34.2. The monoisotopic (exact) mass is 838 g/mol. The number of aliphatic carboxylic acids is 1. The normalized spacial score (nSPS) is 40.4. The Morgan fingerprint density at radius 1 is 0.879 bits per heavy atom. The molecule has 6 aliphatic carbocycles. The number of carbonyl (C=O) groups is 2. The molecule has 2 heterocycles. The first kappa shape index (κ1) is 43.2. The summed E-state index contributed by atoms with van der Waals surface area (Å²) in [6, 6.07) is 0. The van der Waals surface area contributed by atoms with Gasteiger partial charge in [-0.15, -0.1) is 0 Å². The zero-order chi connectivity index (χ0) is 41.5. The van der Waals surface area contributed by atoms with Gasteiger partial charge in [0.15, 0.2) is 15.6 Å². The van der Waals surface area contributed by atoms with Crippen molar-refractivity contribution >= 4 is 33.4 Å². The number of sulfone groups is 1. The van der Waals surface area contributed by atoms with Crippen molar-refractivity contribution in [2.75, 3.05) is 75.4 Å². The highest BCUT2D eigenvalue weighted by molar-refractivity contribution is 7.99. The predicted octanol–water partition coefficient (Wildman–Crippen LogP) is 8.15. The van der Waals surface area contributed by atoms with Gasteiger partial charge in [-0.2, -0.15) is 11.8 Å². The minimum absolute atomic E-state index is 0.0347. The Bertz CT molecular complexity index is 1830. The van der Waals surface area contributed by atoms with E-state index in [9.17, 15) is 23.1 Å². The molecule has 5 fully saturated rings. The van der Waals surface area contributed by atoms with Crippen LogP contribution in [-0.4, -0.2) is 121 Å². The lowest BCUT2D eigenvalue weighted by molar-refractivity contribution is -0.200. The number of Topliss-reactive ketones (excluding diaryl/α,β-unsaturated/α-hetero) is 1. The first-order valence-corrected chi connectivity index (χ1v) is 26.2. The summed E-state index contributed by atoms with van der Waals surface area (Å²) in [6.07, 6.45) is 15.8. The van der Waals surface area contributed by atoms with Crippen molar-refractivity contribution < 1.29 is 23.1 Å². The first-order chi connectivity index (χ1) is 27.4. The second-order valence-corrected chi connectivity index (χ2v) is 25.3. The number of rotatable bonds is 10. The van der Waals surface area contributed by atoms with Gasteiger partial charge < -0.3 is 14.9 Å². The number of carboxylic acid groups (broad SMARTS) is 1. The Hall–Kier alpha value is -1.46. The van der Waals surface area contributed by atoms with Crippen molar-refractivity contribution in [2.45, 2.75) is 125 Å². The van der Waals surface area contributed by atoms with E-state index in [1.165, 1.54) is 47.5 Å². The summed E-state index contributed by atoms with van der Waals surface area (Å²) < 4.78 is 24.7. The zero-order valence-corrected chi connectivity index (χ0v) is 38.7. The molecular weight excluding hydrogens is 763 g/mol. The van der Waals surface area contributed by atoms with E-state index in [1.807, 2.05) is 0 Å². The van der Waals surface area contributed by atoms with Crippen molar-refractivity contribution in [1.82, 2.24) is 14.7 Å². The van der Waals surface area contributed by atoms with Crippen LogP contribution in [0, 0.1) is 51.2 Å². The van der Waals surface area contributed by atoms with Gasteiger partial charge in [-0.05, 0) is 132 Å². The zero-order valence-electron chi connectivity index (χ0n) is 37.0. The van der Waals surface area contributed by atoms with Crippen LogP contribution in [0.15, 0.2) is 34.4 Å². The Balaban J connectivity index is 1.11. The van der Waals surface area contributed by atoms with Crippen molar-refractivity contribution in [1.29, 1.82) is 0 Å². The summed E-state index contributed by atoms with van der Waals surface area (Å²) in [5.41, 5.74) is 5.80. The first-order valence-electron chi connectivity index (χ1n) is 23.2. The lowest BCUT2D eigenvalue weighted by atomic mass is 9.33. The molecular formula is C48H75N3O5S2. The topological polar surface area (TPSA) is 98.2 Å². The Kier molecular flexibility index (Phi) is 11.7. The molecule has 0 aromatic carbocycles. The van der Waals surface area contributed by atoms with Crippen molar-refractivity contribution in [3.63, 3.8) is 0 Å². The molecule has 8 aliphatic rings. The largest absolute Gasteiger partial charge is 0.481 e. The molecule has 58 heavy (non-hydrogen) atoms. The molecule has 3 saturated carbocycles. The molecule has 0 bridgehead atoms. The number of nitrogens with zero attached hydrogens (tertiary/aromatic N) is 3. The number of hydrogen-bond acceptors (Lipinski definition) is 8. The van der Waals surface area contributed by atoms with Crippen LogP contribution in [0.3, 0.4) is 0 Å². The molecule has 324 valence electrons. The van der Waals surface area contributed by atoms with Crippen LogP contribution in [0.25, 0.3) is 0 Å². The van der Waals surface area contributed by atoms with Gasteiger partial charge >= 0.3 is 5.97 Å². The summed E-state index contributed by atoms with van der Waals surface area (Å²) in [7, 11) is -2.95. The van der Waals surface area contributed by atoms with Crippen molar-refractivity contribution in [3.8, 4) is 0 Å². The van der Waals surface area contributed by atoms with E-state index in [2.05, 4.69) is 87.1 Å². The van der Waals surface area contributed by atoms with Gasteiger partial charge in [-0.25, -0.2) is 8.42 Å². The molecule has 10 heteroatoms. The standard InChI is InChI=1S/C48H75N3O5S2/c1-33(2)41-38(52)32-48(51(22-20-49-24-28-57-29-25-49)23-21-50-26-30-58(55,56)31-27-50)19-18-46(6)37(42(41)48)12-13-40-45(5)16-14-36(34-8-10-35(11-9-34)43(53)54)44(3,4)39(45)15-17-47(40,46)7/h8,14,33,35,37,39-40H,9-13,15-32H2,1-7H3,(H,53,54)/t35?,37?,39?,40-,45?,46-,47?,48?/m1/s1. The quantitative estimate of drug-likeness (QED) is 0.234. The minimum atomic E-state index is -2.95. The van der Waals surface area contributed by atoms with Gasteiger partial charge in [0.25, 0.3) is 0 Å². The molecule has 2 aliphatic heterocycles. The molecule has 1 N–H and O–H groups in total. The molecule has 0 spiro atoms. The molecule has 8 rings (SSSR count). The summed E-state index contributed by atoms with van der Waals surface area (Å²) in [6.45, 7) is 24.7. The molecule has 0 amide bonds. The van der Waals surface area contributed by atoms with E-state index >= 15 is 0 Å². The van der Waals surface area contributed by atoms with Gasteiger partial charge in [0.2, 0.25) is 0 Å². The Labute approximate surface area is 355 Å². The van der Waals surface area contributed by atoms with Crippen LogP contribution < -0.4 is 0 Å². The van der Waals surface area contributed by atoms with E-state index in [4.69, 9.17) is 0 Å². The van der Waals surface area contributed by atoms with Gasteiger partial charge in [0, 0.05) is 70.3 Å². The van der Waals surface area contributed by atoms with Crippen molar-refractivity contribution in [2.24, 2.45) is 51.2 Å². The SMILES string of the molecule is CC(C)C1=C2C3CC[C@@H]4C5(C)CC=C(C6=CCC(C(=O)O)CC6)C(C)(C)C5CCC4(C)[C@]3(C)CCC2(N(CCN2CCSCC2)CCN2CCS(=O)(=O)CC2)CC1=O. The maximum atomic E-state index is 14.6. The number of allylic oxidation sites excluding steroid dienone is 5. The van der Waals surface area contributed by atoms with E-state index in [-0.39, 0.29) is 50.5 Å². The minimum Gasteiger partial charge on any atom is -0.481 e. The van der Waals surface area contributed by atoms with Crippen LogP contribution in [0.2, 0.25) is 0 Å². The summed E-state index contributed by atoms with van der Waals surface area (Å²) in [5, 5.41) is 9.68. The van der Waals surface area contributed by atoms with Crippen LogP contribution in [0.1, 0.15) is 119 Å². The highest BCUT2D eigenvalue weighted by atomic mass is 32.2. The number of thioether (sulfide) groups is 1. The molecule has 8 atom stereocenters. The fourth-order valence-electron chi connectivity index (χ4n) is 15.3. The van der Waals surface area contributed by atoms with Crippen LogP contribution in [0.4, 0.5) is 0 Å². The van der Waals surface area contributed by atoms with Crippen LogP contribution >= 0.6 is 11.8 Å². The van der Waals surface area contributed by atoms with Gasteiger partial charge in [-0.1, -0.05) is 60.6 Å². The fourth-order valence-corrected chi connectivity index (χ4v) is 17.6. The average molecular weight is 838 g/mol. The van der Waals surface area contributed by atoms with Gasteiger partial charge in [0.1, 0.15) is 0 Å². The molecule has 2 saturated heterocycles. The second-order valence-electron chi connectivity index (χ2n) is 21.7. The predicted molar refractivity (Wildman–Crippen MR) is 237 cm³/mol. The fraction of sp³-hybridized carbons (Fsp3) is 0.833. The average Bonchev–Trinajstić information content (AvgIpc) is 3.48. The smallest absolute Gasteiger partial charge is 0.306 e. The highest BCUT2D eigenvalue weighted by Crippen LogP contribution is 2.76. The number of hydrogen-bond donors (Lipinski definition) is 1. The molecule has 8 nitrogen and oxygen atoms in total. The number of fused-ring (bicyclic) bond motifs is 7. The van der Waals surface area contributed by atoms with Gasteiger partial charge in [0.05, 0.1) is 23.0 Å². The highest BCUT2D eigenvalue weighted by Gasteiger charge is 2.70. The van der Waals surface area contributed by atoms with Crippen molar-refractivity contribution in [3.05, 3.63) is 34.4 Å². The molecule has 0 radical (unpaired) electrons. The maximum Gasteiger partial charge on any atom is 0.306 e. The number of carbonyl (C=O) groups excluding carboxylic acids is 1. The van der Waals surface area contributed by atoms with Gasteiger partial charge in [-0.3, -0.25) is 14.5 Å². The number of ketones is 1. The van der Waals surface area contributed by atoms with E-state index < -0.39 is 15.8 Å². The molecule has 0 aromatic heterocycles. The van der Waals surface area contributed by atoms with E-state index in [0.29, 0.717) is 49.5 Å². The van der Waals surface area contributed by atoms with Crippen LogP contribution in [-0.2, 0) is 19.4 Å². The Morgan fingerprint density at radius 2 is 1.55 bits per heavy atom. The van der Waals surface area contributed by atoms with E-state index in [1.54, 1.807) is 0 Å². The lowest BCUT2D eigenvalue weighted by Crippen LogP contribution is -2.66. The summed E-state index contributed by atoms with van der Waals surface area (Å²) >= 11 is 2.06. The molecule has 6 unspecified atom stereocenters.